The number of hydrogen-bond acceptors (Lipinski definition) is 2. The molecule has 0 radical (unpaired) electrons. The van der Waals surface area contributed by atoms with Gasteiger partial charge in [0.05, 0.1) is 18.6 Å². The first-order valence-corrected chi connectivity index (χ1v) is 6.11. The molecule has 1 fully saturated rings. The lowest BCUT2D eigenvalue weighted by Gasteiger charge is -2.18. The Kier molecular flexibility index (Phi) is 2.59. The maximum atomic E-state index is 4.03. The average molecular weight is 227 g/mol. The fourth-order valence-corrected chi connectivity index (χ4v) is 2.14. The molecule has 0 bridgehead atoms. The predicted molar refractivity (Wildman–Crippen MR) is 69.1 cm³/mol. The molecule has 0 saturated heterocycles. The third kappa shape index (κ3) is 2.33. The maximum Gasteiger partial charge on any atom is 0.0922 e. The molecule has 2 aromatic rings. The van der Waals surface area contributed by atoms with Crippen LogP contribution in [-0.4, -0.2) is 17.0 Å². The van der Waals surface area contributed by atoms with Crippen LogP contribution in [0.5, 0.6) is 0 Å². The Morgan fingerprint density at radius 2 is 2.06 bits per heavy atom. The van der Waals surface area contributed by atoms with Gasteiger partial charge in [-0.25, -0.2) is 4.98 Å². The van der Waals surface area contributed by atoms with E-state index in [9.17, 15) is 0 Å². The molecule has 3 heteroatoms. The van der Waals surface area contributed by atoms with Crippen LogP contribution in [0, 0.1) is 0 Å². The smallest absolute Gasteiger partial charge is 0.0922 e. The second kappa shape index (κ2) is 4.24. The predicted octanol–water partition coefficient (Wildman–Crippen LogP) is 2.92. The molecule has 1 aliphatic rings. The van der Waals surface area contributed by atoms with Crippen LogP contribution in [0.1, 0.15) is 30.0 Å². The zero-order chi connectivity index (χ0) is 11.7. The highest BCUT2D eigenvalue weighted by molar-refractivity contribution is 5.48. The van der Waals surface area contributed by atoms with E-state index in [1.54, 1.807) is 6.33 Å². The summed E-state index contributed by atoms with van der Waals surface area (Å²) in [5, 5.41) is 0. The van der Waals surface area contributed by atoms with Gasteiger partial charge < -0.3 is 9.88 Å². The van der Waals surface area contributed by atoms with Gasteiger partial charge in [0.15, 0.2) is 0 Å². The molecule has 1 N–H and O–H groups in total. The van der Waals surface area contributed by atoms with Crippen molar-refractivity contribution < 1.29 is 0 Å². The molecule has 0 atom stereocenters. The van der Waals surface area contributed by atoms with Crippen molar-refractivity contribution in [1.29, 1.82) is 0 Å². The molecule has 0 unspecified atom stereocenters. The van der Waals surface area contributed by atoms with E-state index >= 15 is 0 Å². The minimum atomic E-state index is 0.835. The van der Waals surface area contributed by atoms with E-state index in [0.29, 0.717) is 0 Å². The number of imidazole rings is 1. The Labute approximate surface area is 101 Å². The summed E-state index contributed by atoms with van der Waals surface area (Å²) in [5.74, 6) is 0.835. The number of nitrogens with zero attached hydrogens (tertiary/aromatic N) is 2. The Bertz CT molecular complexity index is 469. The van der Waals surface area contributed by atoms with E-state index < -0.39 is 0 Å². The van der Waals surface area contributed by atoms with Crippen molar-refractivity contribution >= 4 is 5.69 Å². The van der Waals surface area contributed by atoms with E-state index in [2.05, 4.69) is 46.2 Å². The van der Waals surface area contributed by atoms with E-state index in [-0.39, 0.29) is 0 Å². The summed E-state index contributed by atoms with van der Waals surface area (Å²) < 4.78 is 0. The van der Waals surface area contributed by atoms with Crippen molar-refractivity contribution in [2.75, 3.05) is 11.9 Å². The molecular weight excluding hydrogens is 210 g/mol. The van der Waals surface area contributed by atoms with Gasteiger partial charge in [-0.1, -0.05) is 12.1 Å². The van der Waals surface area contributed by atoms with Crippen LogP contribution in [0.25, 0.3) is 0 Å². The minimum absolute atomic E-state index is 0.835. The number of benzene rings is 1. The normalized spacial score (nSPS) is 14.9. The molecule has 17 heavy (non-hydrogen) atoms. The largest absolute Gasteiger partial charge is 0.369 e. The van der Waals surface area contributed by atoms with E-state index in [1.807, 2.05) is 6.20 Å². The number of aromatic amines is 1. The molecule has 1 aromatic carbocycles. The van der Waals surface area contributed by atoms with Gasteiger partial charge in [-0.05, 0) is 36.5 Å². The lowest BCUT2D eigenvalue weighted by atomic mass is 10.1. The third-order valence-corrected chi connectivity index (χ3v) is 3.34. The molecule has 1 saturated carbocycles. The molecule has 1 heterocycles. The quantitative estimate of drug-likeness (QED) is 0.871. The zero-order valence-electron chi connectivity index (χ0n) is 10.1. The van der Waals surface area contributed by atoms with Crippen LogP contribution in [0.3, 0.4) is 0 Å². The molecule has 1 aromatic heterocycles. The standard InChI is InChI=1S/C14H17N3/c1-17(9-13-8-15-10-16-13)14-6-4-12(5-7-14)11-2-3-11/h4-8,10-11H,2-3,9H2,1H3,(H,15,16). The summed E-state index contributed by atoms with van der Waals surface area (Å²) in [4.78, 5) is 9.38. The minimum Gasteiger partial charge on any atom is -0.369 e. The van der Waals surface area contributed by atoms with Crippen LogP contribution in [0.4, 0.5) is 5.69 Å². The molecule has 0 amide bonds. The van der Waals surface area contributed by atoms with Gasteiger partial charge >= 0.3 is 0 Å². The second-order valence-electron chi connectivity index (χ2n) is 4.80. The van der Waals surface area contributed by atoms with Crippen molar-refractivity contribution in [3.8, 4) is 0 Å². The number of H-pyrrole nitrogens is 1. The Hall–Kier alpha value is -1.77. The lowest BCUT2D eigenvalue weighted by Crippen LogP contribution is -2.16. The van der Waals surface area contributed by atoms with Gasteiger partial charge in [-0.15, -0.1) is 0 Å². The van der Waals surface area contributed by atoms with Gasteiger partial charge in [-0.3, -0.25) is 0 Å². The number of nitrogens with one attached hydrogen (secondary N) is 1. The van der Waals surface area contributed by atoms with Crippen LogP contribution >= 0.6 is 0 Å². The monoisotopic (exact) mass is 227 g/mol. The Balaban J connectivity index is 1.70. The average Bonchev–Trinajstić information content (AvgIpc) is 3.09. The van der Waals surface area contributed by atoms with E-state index in [1.165, 1.54) is 24.1 Å². The third-order valence-electron chi connectivity index (χ3n) is 3.34. The molecule has 0 aliphatic heterocycles. The van der Waals surface area contributed by atoms with Crippen LogP contribution in [-0.2, 0) is 6.54 Å². The highest BCUT2D eigenvalue weighted by Crippen LogP contribution is 2.40. The van der Waals surface area contributed by atoms with Crippen LogP contribution in [0.15, 0.2) is 36.8 Å². The van der Waals surface area contributed by atoms with E-state index in [4.69, 9.17) is 0 Å². The summed E-state index contributed by atoms with van der Waals surface area (Å²) in [7, 11) is 2.10. The molecule has 88 valence electrons. The highest BCUT2D eigenvalue weighted by atomic mass is 15.1. The molecule has 3 nitrogen and oxygen atoms in total. The number of rotatable bonds is 4. The van der Waals surface area contributed by atoms with Gasteiger partial charge in [0.25, 0.3) is 0 Å². The van der Waals surface area contributed by atoms with Crippen LogP contribution in [0.2, 0.25) is 0 Å². The zero-order valence-corrected chi connectivity index (χ0v) is 10.1. The van der Waals surface area contributed by atoms with Gasteiger partial charge in [0.2, 0.25) is 0 Å². The first-order valence-electron chi connectivity index (χ1n) is 6.11. The molecule has 3 rings (SSSR count). The summed E-state index contributed by atoms with van der Waals surface area (Å²) in [5.41, 5.74) is 3.88. The van der Waals surface area contributed by atoms with Gasteiger partial charge in [0, 0.05) is 18.9 Å². The van der Waals surface area contributed by atoms with Crippen molar-refractivity contribution in [3.05, 3.63) is 48.0 Å². The fourth-order valence-electron chi connectivity index (χ4n) is 2.14. The van der Waals surface area contributed by atoms with Crippen molar-refractivity contribution in [1.82, 2.24) is 9.97 Å². The Morgan fingerprint density at radius 3 is 2.65 bits per heavy atom. The maximum absolute atomic E-state index is 4.03. The number of hydrogen-bond donors (Lipinski definition) is 1. The number of aromatic nitrogens is 2. The Morgan fingerprint density at radius 1 is 1.29 bits per heavy atom. The number of anilines is 1. The van der Waals surface area contributed by atoms with E-state index in [0.717, 1.165) is 18.2 Å². The first-order chi connectivity index (χ1) is 8.33. The van der Waals surface area contributed by atoms with Gasteiger partial charge in [-0.2, -0.15) is 0 Å². The van der Waals surface area contributed by atoms with Crippen molar-refractivity contribution in [2.45, 2.75) is 25.3 Å². The summed E-state index contributed by atoms with van der Waals surface area (Å²) >= 11 is 0. The summed E-state index contributed by atoms with van der Waals surface area (Å²) in [6, 6.07) is 8.95. The highest BCUT2D eigenvalue weighted by Gasteiger charge is 2.23. The molecule has 1 aliphatic carbocycles. The summed E-state index contributed by atoms with van der Waals surface area (Å²) in [6.07, 6.45) is 6.32. The SMILES string of the molecule is CN(Cc1cnc[nH]1)c1ccc(C2CC2)cc1. The fraction of sp³-hybridized carbons (Fsp3) is 0.357. The van der Waals surface area contributed by atoms with Crippen molar-refractivity contribution in [3.63, 3.8) is 0 Å². The molecule has 0 spiro atoms. The second-order valence-corrected chi connectivity index (χ2v) is 4.80. The topological polar surface area (TPSA) is 31.9 Å². The van der Waals surface area contributed by atoms with Crippen LogP contribution < -0.4 is 4.90 Å². The molecular formula is C14H17N3. The van der Waals surface area contributed by atoms with Crippen molar-refractivity contribution in [2.24, 2.45) is 0 Å². The first kappa shape index (κ1) is 10.4. The summed E-state index contributed by atoms with van der Waals surface area (Å²) in [6.45, 7) is 0.864. The van der Waals surface area contributed by atoms with Gasteiger partial charge in [0.1, 0.15) is 0 Å². The lowest BCUT2D eigenvalue weighted by molar-refractivity contribution is 0.893.